The number of hydrogen-bond donors (Lipinski definition) is 1. The molecule has 1 N–H and O–H groups in total. The third-order valence-electron chi connectivity index (χ3n) is 3.51. The van der Waals surface area contributed by atoms with Crippen molar-refractivity contribution in [2.45, 2.75) is 0 Å². The van der Waals surface area contributed by atoms with E-state index in [1.54, 1.807) is 41.4 Å². The van der Waals surface area contributed by atoms with Crippen molar-refractivity contribution in [2.75, 3.05) is 5.32 Å². The molecule has 0 aliphatic heterocycles. The lowest BCUT2D eigenvalue weighted by Gasteiger charge is -2.08. The molecule has 0 spiro atoms. The fourth-order valence-corrected chi connectivity index (χ4v) is 3.02. The van der Waals surface area contributed by atoms with Crippen LogP contribution >= 0.6 is 23.2 Å². The van der Waals surface area contributed by atoms with Crippen LogP contribution < -0.4 is 5.32 Å². The van der Waals surface area contributed by atoms with Crippen LogP contribution in [0.4, 0.5) is 11.5 Å². The molecule has 0 radical (unpaired) electrons. The van der Waals surface area contributed by atoms with Gasteiger partial charge >= 0.3 is 0 Å². The van der Waals surface area contributed by atoms with E-state index in [0.29, 0.717) is 15.9 Å². The molecule has 0 saturated carbocycles. The predicted molar refractivity (Wildman–Crippen MR) is 96.0 cm³/mol. The van der Waals surface area contributed by atoms with E-state index in [1.807, 2.05) is 24.3 Å². The van der Waals surface area contributed by atoms with Crippen molar-refractivity contribution in [3.05, 3.63) is 71.1 Å². The third kappa shape index (κ3) is 2.91. The van der Waals surface area contributed by atoms with Gasteiger partial charge in [0.05, 0.1) is 11.7 Å². The topological polar surface area (TPSA) is 55.1 Å². The summed E-state index contributed by atoms with van der Waals surface area (Å²) in [5, 5.41) is 12.8. The number of anilines is 2. The van der Waals surface area contributed by atoms with Gasteiger partial charge in [0.1, 0.15) is 5.82 Å². The van der Waals surface area contributed by atoms with Gasteiger partial charge in [0.15, 0.2) is 0 Å². The Morgan fingerprint density at radius 1 is 0.917 bits per heavy atom. The van der Waals surface area contributed by atoms with Gasteiger partial charge in [-0.2, -0.15) is 14.8 Å². The molecule has 0 atom stereocenters. The largest absolute Gasteiger partial charge is 0.340 e. The molecule has 5 nitrogen and oxygen atoms in total. The van der Waals surface area contributed by atoms with Gasteiger partial charge in [-0.3, -0.25) is 0 Å². The zero-order valence-electron chi connectivity index (χ0n) is 12.3. The first-order chi connectivity index (χ1) is 11.7. The fraction of sp³-hybridized carbons (Fsp3) is 0. The summed E-state index contributed by atoms with van der Waals surface area (Å²) in [4.78, 5) is 4.34. The average molecular weight is 356 g/mol. The molecule has 0 amide bonds. The summed E-state index contributed by atoms with van der Waals surface area (Å²) >= 11 is 12.1. The molecule has 4 rings (SSSR count). The minimum Gasteiger partial charge on any atom is -0.340 e. The molecule has 0 saturated heterocycles. The molecular formula is C17H11Cl2N5. The van der Waals surface area contributed by atoms with Crippen molar-refractivity contribution in [3.8, 4) is 11.1 Å². The van der Waals surface area contributed by atoms with Gasteiger partial charge in [0, 0.05) is 33.7 Å². The molecule has 118 valence electrons. The van der Waals surface area contributed by atoms with Crippen LogP contribution in [-0.4, -0.2) is 19.8 Å². The van der Waals surface area contributed by atoms with Gasteiger partial charge in [0.25, 0.3) is 0 Å². The maximum absolute atomic E-state index is 6.03. The number of rotatable bonds is 3. The van der Waals surface area contributed by atoms with E-state index in [4.69, 9.17) is 23.2 Å². The number of halogens is 2. The maximum atomic E-state index is 6.03. The van der Waals surface area contributed by atoms with E-state index in [0.717, 1.165) is 22.3 Å². The van der Waals surface area contributed by atoms with Crippen LogP contribution in [0.2, 0.25) is 10.0 Å². The third-order valence-corrected chi connectivity index (χ3v) is 3.95. The quantitative estimate of drug-likeness (QED) is 0.571. The zero-order chi connectivity index (χ0) is 16.5. The fourth-order valence-electron chi connectivity index (χ4n) is 2.50. The number of nitrogens with one attached hydrogen (secondary N) is 1. The number of fused-ring (bicyclic) bond motifs is 1. The monoisotopic (exact) mass is 355 g/mol. The highest BCUT2D eigenvalue weighted by Crippen LogP contribution is 2.28. The van der Waals surface area contributed by atoms with Gasteiger partial charge in [-0.1, -0.05) is 23.2 Å². The summed E-state index contributed by atoms with van der Waals surface area (Å²) in [6.07, 6.45) is 5.23. The van der Waals surface area contributed by atoms with Gasteiger partial charge < -0.3 is 5.32 Å². The Kier molecular flexibility index (Phi) is 3.80. The van der Waals surface area contributed by atoms with Gasteiger partial charge in [-0.15, -0.1) is 0 Å². The van der Waals surface area contributed by atoms with Gasteiger partial charge in [0.2, 0.25) is 0 Å². The van der Waals surface area contributed by atoms with E-state index < -0.39 is 0 Å². The van der Waals surface area contributed by atoms with Gasteiger partial charge in [-0.25, -0.2) is 4.98 Å². The van der Waals surface area contributed by atoms with Crippen molar-refractivity contribution in [2.24, 2.45) is 0 Å². The molecule has 1 aromatic carbocycles. The summed E-state index contributed by atoms with van der Waals surface area (Å²) in [5.41, 5.74) is 3.68. The van der Waals surface area contributed by atoms with E-state index in [2.05, 4.69) is 20.5 Å². The molecule has 0 fully saturated rings. The summed E-state index contributed by atoms with van der Waals surface area (Å²) in [5.74, 6) is 0.689. The number of aromatic nitrogens is 4. The molecule has 0 bridgehead atoms. The summed E-state index contributed by atoms with van der Waals surface area (Å²) in [6, 6.07) is 13.0. The minimum atomic E-state index is 0.565. The number of pyridine rings is 1. The number of nitrogens with zero attached hydrogens (tertiary/aromatic N) is 4. The van der Waals surface area contributed by atoms with Crippen LogP contribution in [-0.2, 0) is 0 Å². The highest BCUT2D eigenvalue weighted by Gasteiger charge is 2.08. The Bertz CT molecular complexity index is 1010. The Morgan fingerprint density at radius 3 is 2.58 bits per heavy atom. The van der Waals surface area contributed by atoms with Crippen molar-refractivity contribution in [3.63, 3.8) is 0 Å². The standard InChI is InChI=1S/C17H11Cl2N5/c18-12-7-13(19)9-14(8-12)23-17-6-11(3-5-20-17)15-10-22-24-16(15)2-1-4-21-24/h1-10H,(H,20,23). The Labute approximate surface area is 147 Å². The lowest BCUT2D eigenvalue weighted by molar-refractivity contribution is 0.800. The van der Waals surface area contributed by atoms with Crippen LogP contribution in [0.3, 0.4) is 0 Å². The first kappa shape index (κ1) is 14.9. The molecule has 0 unspecified atom stereocenters. The van der Waals surface area contributed by atoms with Crippen LogP contribution in [0.5, 0.6) is 0 Å². The zero-order valence-corrected chi connectivity index (χ0v) is 13.8. The highest BCUT2D eigenvalue weighted by atomic mass is 35.5. The summed E-state index contributed by atoms with van der Waals surface area (Å²) < 4.78 is 1.60. The average Bonchev–Trinajstić information content (AvgIpc) is 2.98. The van der Waals surface area contributed by atoms with Crippen LogP contribution in [0, 0.1) is 0 Å². The second-order valence-electron chi connectivity index (χ2n) is 5.17. The number of benzene rings is 1. The first-order valence-electron chi connectivity index (χ1n) is 7.18. The minimum absolute atomic E-state index is 0.565. The summed E-state index contributed by atoms with van der Waals surface area (Å²) in [6.45, 7) is 0. The van der Waals surface area contributed by atoms with Gasteiger partial charge in [-0.05, 0) is 48.0 Å². The molecule has 4 aromatic rings. The van der Waals surface area contributed by atoms with Crippen molar-refractivity contribution in [1.82, 2.24) is 19.8 Å². The molecule has 3 aromatic heterocycles. The Hall–Kier alpha value is -2.63. The van der Waals surface area contributed by atoms with E-state index >= 15 is 0 Å². The highest BCUT2D eigenvalue weighted by molar-refractivity contribution is 6.35. The molecule has 0 aliphatic carbocycles. The molecular weight excluding hydrogens is 345 g/mol. The molecule has 24 heavy (non-hydrogen) atoms. The van der Waals surface area contributed by atoms with Crippen molar-refractivity contribution >= 4 is 40.2 Å². The number of hydrogen-bond acceptors (Lipinski definition) is 4. The Balaban J connectivity index is 1.71. The Morgan fingerprint density at radius 2 is 1.75 bits per heavy atom. The molecule has 7 heteroatoms. The van der Waals surface area contributed by atoms with Crippen molar-refractivity contribution < 1.29 is 0 Å². The normalized spacial score (nSPS) is 10.9. The first-order valence-corrected chi connectivity index (χ1v) is 7.93. The van der Waals surface area contributed by atoms with Crippen molar-refractivity contribution in [1.29, 1.82) is 0 Å². The van der Waals surface area contributed by atoms with E-state index in [9.17, 15) is 0 Å². The van der Waals surface area contributed by atoms with Crippen LogP contribution in [0.25, 0.3) is 16.6 Å². The van der Waals surface area contributed by atoms with Crippen LogP contribution in [0.15, 0.2) is 61.1 Å². The predicted octanol–water partition coefficient (Wildman–Crippen LogP) is 4.84. The summed E-state index contributed by atoms with van der Waals surface area (Å²) in [7, 11) is 0. The molecule has 0 aliphatic rings. The lowest BCUT2D eigenvalue weighted by Crippen LogP contribution is -1.94. The maximum Gasteiger partial charge on any atom is 0.130 e. The van der Waals surface area contributed by atoms with E-state index in [1.165, 1.54) is 0 Å². The second-order valence-corrected chi connectivity index (χ2v) is 6.04. The smallest absolute Gasteiger partial charge is 0.130 e. The SMILES string of the molecule is Clc1cc(Cl)cc(Nc2cc(-c3cnn4ncccc34)ccn2)c1. The van der Waals surface area contributed by atoms with Crippen LogP contribution in [0.1, 0.15) is 0 Å². The lowest BCUT2D eigenvalue weighted by atomic mass is 10.1. The second kappa shape index (κ2) is 6.11. The van der Waals surface area contributed by atoms with E-state index in [-0.39, 0.29) is 0 Å². The molecule has 3 heterocycles.